The summed E-state index contributed by atoms with van der Waals surface area (Å²) in [7, 11) is 0. The van der Waals surface area contributed by atoms with Gasteiger partial charge in [-0.1, -0.05) is 30.3 Å². The molecule has 0 radical (unpaired) electrons. The maximum Gasteiger partial charge on any atom is 0.252 e. The Morgan fingerprint density at radius 2 is 1.91 bits per heavy atom. The van der Waals surface area contributed by atoms with Crippen molar-refractivity contribution in [1.29, 1.82) is 0 Å². The number of rotatable bonds is 4. The van der Waals surface area contributed by atoms with Crippen LogP contribution in [0.3, 0.4) is 0 Å². The normalized spacial score (nSPS) is 23.8. The van der Waals surface area contributed by atoms with Crippen LogP contribution >= 0.6 is 0 Å². The third-order valence-electron chi connectivity index (χ3n) is 4.91. The van der Waals surface area contributed by atoms with Gasteiger partial charge in [-0.05, 0) is 44.1 Å². The van der Waals surface area contributed by atoms with Crippen LogP contribution in [0.15, 0.2) is 30.3 Å². The van der Waals surface area contributed by atoms with Gasteiger partial charge in [-0.25, -0.2) is 0 Å². The summed E-state index contributed by atoms with van der Waals surface area (Å²) in [6.45, 7) is 1.28. The van der Waals surface area contributed by atoms with Crippen LogP contribution < -0.4 is 5.32 Å². The number of piperidine rings is 1. The molecule has 0 unspecified atom stereocenters. The first-order valence-corrected chi connectivity index (χ1v) is 8.44. The van der Waals surface area contributed by atoms with E-state index in [1.807, 2.05) is 30.3 Å². The van der Waals surface area contributed by atoms with Crippen LogP contribution in [-0.4, -0.2) is 40.0 Å². The largest absolute Gasteiger partial charge is 0.380 e. The number of aliphatic hydroxyl groups is 1. The van der Waals surface area contributed by atoms with Crippen molar-refractivity contribution in [3.05, 3.63) is 35.9 Å². The molecule has 1 aliphatic heterocycles. The zero-order valence-corrected chi connectivity index (χ0v) is 13.3. The van der Waals surface area contributed by atoms with E-state index in [0.717, 1.165) is 24.8 Å². The zero-order chi connectivity index (χ0) is 16.3. The second-order valence-corrected chi connectivity index (χ2v) is 6.65. The van der Waals surface area contributed by atoms with Crippen molar-refractivity contribution < 1.29 is 14.7 Å². The number of amides is 2. The van der Waals surface area contributed by atoms with Gasteiger partial charge in [-0.2, -0.15) is 0 Å². The third-order valence-corrected chi connectivity index (χ3v) is 4.91. The van der Waals surface area contributed by atoms with E-state index in [2.05, 4.69) is 5.32 Å². The molecule has 1 aliphatic carbocycles. The van der Waals surface area contributed by atoms with Gasteiger partial charge >= 0.3 is 0 Å². The highest BCUT2D eigenvalue weighted by molar-refractivity contribution is 5.91. The van der Waals surface area contributed by atoms with Crippen molar-refractivity contribution in [2.45, 2.75) is 56.7 Å². The average molecular weight is 316 g/mol. The average Bonchev–Trinajstić information content (AvgIpc) is 3.00. The lowest BCUT2D eigenvalue weighted by atomic mass is 9.98. The molecule has 1 aromatic carbocycles. The number of nitrogens with one attached hydrogen (secondary N) is 1. The highest BCUT2D eigenvalue weighted by Gasteiger charge is 2.41. The number of hydrogen-bond donors (Lipinski definition) is 2. The van der Waals surface area contributed by atoms with Gasteiger partial charge in [0.05, 0.1) is 0 Å². The lowest BCUT2D eigenvalue weighted by molar-refractivity contribution is -0.146. The molecule has 5 heteroatoms. The molecule has 0 spiro atoms. The third kappa shape index (κ3) is 3.55. The van der Waals surface area contributed by atoms with Gasteiger partial charge < -0.3 is 15.3 Å². The first-order valence-electron chi connectivity index (χ1n) is 8.44. The lowest BCUT2D eigenvalue weighted by Gasteiger charge is -2.34. The fourth-order valence-electron chi connectivity index (χ4n) is 3.51. The molecule has 3 rings (SSSR count). The van der Waals surface area contributed by atoms with Gasteiger partial charge in [0.15, 0.2) is 0 Å². The van der Waals surface area contributed by atoms with E-state index < -0.39 is 11.6 Å². The fourth-order valence-corrected chi connectivity index (χ4v) is 3.51. The number of hydrogen-bond acceptors (Lipinski definition) is 3. The fraction of sp³-hybridized carbons (Fsp3) is 0.556. The molecule has 1 heterocycles. The van der Waals surface area contributed by atoms with Crippen molar-refractivity contribution >= 4 is 11.8 Å². The van der Waals surface area contributed by atoms with Gasteiger partial charge in [0, 0.05) is 13.1 Å². The van der Waals surface area contributed by atoms with Crippen molar-refractivity contribution in [2.24, 2.45) is 0 Å². The van der Waals surface area contributed by atoms with E-state index >= 15 is 0 Å². The Morgan fingerprint density at radius 1 is 1.22 bits per heavy atom. The number of carbonyl (C=O) groups excluding carboxylic acids is 2. The molecule has 1 saturated carbocycles. The van der Waals surface area contributed by atoms with Crippen molar-refractivity contribution in [2.75, 3.05) is 6.54 Å². The summed E-state index contributed by atoms with van der Waals surface area (Å²) in [6, 6.07) is 9.35. The maximum atomic E-state index is 12.6. The molecule has 1 atom stereocenters. The minimum atomic E-state index is -1.28. The Balaban J connectivity index is 1.62. The van der Waals surface area contributed by atoms with Gasteiger partial charge in [0.2, 0.25) is 5.91 Å². The minimum absolute atomic E-state index is 0.0463. The molecule has 5 nitrogen and oxygen atoms in total. The zero-order valence-electron chi connectivity index (χ0n) is 13.3. The first kappa shape index (κ1) is 16.0. The summed E-state index contributed by atoms with van der Waals surface area (Å²) in [6.07, 6.45) is 4.22. The van der Waals surface area contributed by atoms with E-state index in [4.69, 9.17) is 0 Å². The monoisotopic (exact) mass is 316 g/mol. The molecule has 0 bridgehead atoms. The number of carbonyl (C=O) groups is 2. The molecule has 0 aromatic heterocycles. The van der Waals surface area contributed by atoms with Crippen LogP contribution in [0, 0.1) is 0 Å². The molecule has 124 valence electrons. The highest BCUT2D eigenvalue weighted by Crippen LogP contribution is 2.30. The van der Waals surface area contributed by atoms with Crippen LogP contribution in [0.5, 0.6) is 0 Å². The molecular formula is C18H24N2O3. The van der Waals surface area contributed by atoms with E-state index in [1.54, 1.807) is 4.90 Å². The van der Waals surface area contributed by atoms with Crippen LogP contribution in [0.25, 0.3) is 0 Å². The molecular weight excluding hydrogens is 292 g/mol. The van der Waals surface area contributed by atoms with Crippen molar-refractivity contribution in [3.63, 3.8) is 0 Å². The molecule has 2 fully saturated rings. The topological polar surface area (TPSA) is 69.6 Å². The van der Waals surface area contributed by atoms with Crippen LogP contribution in [-0.2, 0) is 16.1 Å². The van der Waals surface area contributed by atoms with E-state index in [9.17, 15) is 14.7 Å². The summed E-state index contributed by atoms with van der Waals surface area (Å²) < 4.78 is 0. The van der Waals surface area contributed by atoms with Crippen LogP contribution in [0.2, 0.25) is 0 Å². The summed E-state index contributed by atoms with van der Waals surface area (Å²) in [5.41, 5.74) is -0.190. The molecule has 2 N–H and O–H groups in total. The maximum absolute atomic E-state index is 12.6. The number of benzene rings is 1. The first-order chi connectivity index (χ1) is 11.1. The Labute approximate surface area is 136 Å². The number of nitrogens with zero attached hydrogens (tertiary/aromatic N) is 1. The van der Waals surface area contributed by atoms with Crippen LogP contribution in [0.1, 0.15) is 44.1 Å². The smallest absolute Gasteiger partial charge is 0.252 e. The summed E-state index contributed by atoms with van der Waals surface area (Å²) in [4.78, 5) is 26.7. The molecule has 23 heavy (non-hydrogen) atoms. The van der Waals surface area contributed by atoms with E-state index in [0.29, 0.717) is 32.4 Å². The summed E-state index contributed by atoms with van der Waals surface area (Å²) >= 11 is 0. The minimum Gasteiger partial charge on any atom is -0.380 e. The second kappa shape index (κ2) is 6.71. The van der Waals surface area contributed by atoms with E-state index in [-0.39, 0.29) is 11.8 Å². The van der Waals surface area contributed by atoms with Gasteiger partial charge in [0.1, 0.15) is 11.6 Å². The predicted molar refractivity (Wildman–Crippen MR) is 86.4 cm³/mol. The van der Waals surface area contributed by atoms with E-state index in [1.165, 1.54) is 0 Å². The van der Waals surface area contributed by atoms with Crippen LogP contribution in [0.4, 0.5) is 0 Å². The Morgan fingerprint density at radius 3 is 2.61 bits per heavy atom. The Kier molecular flexibility index (Phi) is 4.66. The SMILES string of the molecule is O=C1[C@H](NC(=O)C2(O)CCCC2)CCCN1Cc1ccccc1. The standard InChI is InChI=1S/C18H24N2O3/c21-16-15(19-17(22)18(23)10-4-5-11-18)9-6-12-20(16)13-14-7-2-1-3-8-14/h1-3,7-8,15,23H,4-6,9-13H2,(H,19,22)/t15-/m1/s1. The predicted octanol–water partition coefficient (Wildman–Crippen LogP) is 1.60. The lowest BCUT2D eigenvalue weighted by Crippen LogP contribution is -2.56. The molecule has 1 aromatic rings. The van der Waals surface area contributed by atoms with Gasteiger partial charge in [-0.3, -0.25) is 9.59 Å². The number of likely N-dealkylation sites (tertiary alicyclic amines) is 1. The van der Waals surface area contributed by atoms with Crippen molar-refractivity contribution in [3.8, 4) is 0 Å². The van der Waals surface area contributed by atoms with Gasteiger partial charge in [-0.15, -0.1) is 0 Å². The molecule has 2 amide bonds. The Hall–Kier alpha value is -1.88. The van der Waals surface area contributed by atoms with Gasteiger partial charge in [0.25, 0.3) is 5.91 Å². The molecule has 2 aliphatic rings. The molecule has 1 saturated heterocycles. The Bertz CT molecular complexity index is 567. The quantitative estimate of drug-likeness (QED) is 0.886. The van der Waals surface area contributed by atoms with Crippen molar-refractivity contribution in [1.82, 2.24) is 10.2 Å². The summed E-state index contributed by atoms with van der Waals surface area (Å²) in [5.74, 6) is -0.426. The summed E-state index contributed by atoms with van der Waals surface area (Å²) in [5, 5.41) is 13.1. The second-order valence-electron chi connectivity index (χ2n) is 6.65. The highest BCUT2D eigenvalue weighted by atomic mass is 16.3.